The number of carbonyl (C=O) groups excluding carboxylic acids is 1. The smallest absolute Gasteiger partial charge is 0.229 e. The zero-order valence-corrected chi connectivity index (χ0v) is 15.6. The van der Waals surface area contributed by atoms with Crippen LogP contribution in [0.25, 0.3) is 0 Å². The molecule has 2 N–H and O–H groups in total. The van der Waals surface area contributed by atoms with E-state index in [1.807, 2.05) is 29.2 Å². The van der Waals surface area contributed by atoms with Crippen LogP contribution in [0.5, 0.6) is 0 Å². The molecule has 2 aliphatic rings. The Labute approximate surface area is 163 Å². The molecular weight excluding hydrogens is 367 g/mol. The highest BCUT2D eigenvalue weighted by Crippen LogP contribution is 2.28. The van der Waals surface area contributed by atoms with Crippen LogP contribution in [0.2, 0.25) is 5.02 Å². The van der Waals surface area contributed by atoms with Gasteiger partial charge in [-0.2, -0.15) is 0 Å². The van der Waals surface area contributed by atoms with Gasteiger partial charge in [-0.25, -0.2) is 9.82 Å². The van der Waals surface area contributed by atoms with E-state index in [1.165, 1.54) is 12.1 Å². The highest BCUT2D eigenvalue weighted by Gasteiger charge is 2.37. The summed E-state index contributed by atoms with van der Waals surface area (Å²) in [6, 6.07) is 14.1. The summed E-state index contributed by atoms with van der Waals surface area (Å²) in [4.78, 5) is 17.2. The zero-order valence-electron chi connectivity index (χ0n) is 14.9. The lowest BCUT2D eigenvalue weighted by Crippen LogP contribution is -2.51. The van der Waals surface area contributed by atoms with Gasteiger partial charge in [0.2, 0.25) is 5.91 Å². The van der Waals surface area contributed by atoms with Crippen LogP contribution in [-0.2, 0) is 4.79 Å². The van der Waals surface area contributed by atoms with Crippen LogP contribution in [0, 0.1) is 11.7 Å². The van der Waals surface area contributed by atoms with E-state index < -0.39 is 0 Å². The molecular formula is C20H22ClFN4O. The fourth-order valence-electron chi connectivity index (χ4n) is 3.78. The van der Waals surface area contributed by atoms with Crippen molar-refractivity contribution in [2.75, 3.05) is 37.6 Å². The van der Waals surface area contributed by atoms with Crippen LogP contribution in [0.1, 0.15) is 11.6 Å². The van der Waals surface area contributed by atoms with Gasteiger partial charge in [-0.1, -0.05) is 23.7 Å². The van der Waals surface area contributed by atoms with Gasteiger partial charge < -0.3 is 9.80 Å². The topological polar surface area (TPSA) is 47.6 Å². The minimum atomic E-state index is -0.234. The average Bonchev–Trinajstić information content (AvgIpc) is 3.18. The fraction of sp³-hybridized carbons (Fsp3) is 0.350. The van der Waals surface area contributed by atoms with Crippen LogP contribution in [0.3, 0.4) is 0 Å². The number of piperazine rings is 1. The highest BCUT2D eigenvalue weighted by molar-refractivity contribution is 6.30. The second-order valence-electron chi connectivity index (χ2n) is 6.95. The quantitative estimate of drug-likeness (QED) is 0.848. The molecule has 2 heterocycles. The molecule has 2 aromatic carbocycles. The van der Waals surface area contributed by atoms with Gasteiger partial charge in [0.25, 0.3) is 0 Å². The van der Waals surface area contributed by atoms with E-state index in [4.69, 9.17) is 11.6 Å². The second-order valence-corrected chi connectivity index (χ2v) is 7.39. The summed E-state index contributed by atoms with van der Waals surface area (Å²) in [6.07, 6.45) is 0. The summed E-state index contributed by atoms with van der Waals surface area (Å²) in [6.45, 7) is 3.43. The van der Waals surface area contributed by atoms with Gasteiger partial charge in [0.1, 0.15) is 5.82 Å². The van der Waals surface area contributed by atoms with Gasteiger partial charge in [-0.15, -0.1) is 0 Å². The zero-order chi connectivity index (χ0) is 18.8. The predicted octanol–water partition coefficient (Wildman–Crippen LogP) is 2.59. The Hall–Kier alpha value is -2.15. The molecule has 7 heteroatoms. The molecule has 5 nitrogen and oxygen atoms in total. The monoisotopic (exact) mass is 388 g/mol. The minimum absolute atomic E-state index is 0.0649. The molecule has 1 amide bonds. The molecule has 0 spiro atoms. The van der Waals surface area contributed by atoms with Gasteiger partial charge in [-0.3, -0.25) is 10.2 Å². The SMILES string of the molecule is O=C(C1CNNC1c1ccc(Cl)cc1)N1CCN(c2ccc(F)cc2)CC1. The molecule has 2 aliphatic heterocycles. The van der Waals surface area contributed by atoms with Crippen molar-refractivity contribution in [2.45, 2.75) is 6.04 Å². The lowest BCUT2D eigenvalue weighted by Gasteiger charge is -2.37. The summed E-state index contributed by atoms with van der Waals surface area (Å²) in [5.74, 6) is -0.225. The molecule has 2 saturated heterocycles. The Kier molecular flexibility index (Phi) is 5.29. The Bertz CT molecular complexity index is 791. The molecule has 4 rings (SSSR count). The number of rotatable bonds is 3. The van der Waals surface area contributed by atoms with Gasteiger partial charge in [0.15, 0.2) is 0 Å². The van der Waals surface area contributed by atoms with E-state index in [9.17, 15) is 9.18 Å². The number of hydrogen-bond donors (Lipinski definition) is 2. The van der Waals surface area contributed by atoms with Crippen LogP contribution in [0.4, 0.5) is 10.1 Å². The molecule has 0 radical (unpaired) electrons. The van der Waals surface area contributed by atoms with Gasteiger partial charge in [-0.05, 0) is 42.0 Å². The van der Waals surface area contributed by atoms with E-state index in [0.29, 0.717) is 24.7 Å². The van der Waals surface area contributed by atoms with Crippen molar-refractivity contribution in [3.05, 3.63) is 64.9 Å². The fourth-order valence-corrected chi connectivity index (χ4v) is 3.91. The van der Waals surface area contributed by atoms with E-state index in [-0.39, 0.29) is 23.7 Å². The van der Waals surface area contributed by atoms with Crippen LogP contribution < -0.4 is 15.8 Å². The van der Waals surface area contributed by atoms with Crippen molar-refractivity contribution in [3.8, 4) is 0 Å². The Balaban J connectivity index is 1.39. The molecule has 142 valence electrons. The standard InChI is InChI=1S/C20H22ClFN4O/c21-15-3-1-14(2-4-15)19-18(13-23-24-19)20(27)26-11-9-25(10-12-26)17-7-5-16(22)6-8-17/h1-8,18-19,23-24H,9-13H2. The molecule has 2 atom stereocenters. The van der Waals surface area contributed by atoms with E-state index in [2.05, 4.69) is 15.8 Å². The first-order valence-corrected chi connectivity index (χ1v) is 9.53. The normalized spacial score (nSPS) is 22.9. The molecule has 2 aromatic rings. The minimum Gasteiger partial charge on any atom is -0.368 e. The lowest BCUT2D eigenvalue weighted by atomic mass is 9.93. The maximum absolute atomic E-state index is 13.1. The van der Waals surface area contributed by atoms with Crippen LogP contribution in [-0.4, -0.2) is 43.5 Å². The largest absolute Gasteiger partial charge is 0.368 e. The summed E-state index contributed by atoms with van der Waals surface area (Å²) >= 11 is 5.98. The number of anilines is 1. The summed E-state index contributed by atoms with van der Waals surface area (Å²) in [5.41, 5.74) is 8.38. The molecule has 0 aliphatic carbocycles. The highest BCUT2D eigenvalue weighted by atomic mass is 35.5. The first-order chi connectivity index (χ1) is 13.1. The van der Waals surface area contributed by atoms with Gasteiger partial charge in [0.05, 0.1) is 12.0 Å². The van der Waals surface area contributed by atoms with E-state index in [1.54, 1.807) is 12.1 Å². The molecule has 2 unspecified atom stereocenters. The molecule has 2 fully saturated rings. The van der Waals surface area contributed by atoms with Crippen LogP contribution in [0.15, 0.2) is 48.5 Å². The summed E-state index contributed by atoms with van der Waals surface area (Å²) in [5, 5.41) is 0.685. The number of nitrogens with one attached hydrogen (secondary N) is 2. The van der Waals surface area contributed by atoms with E-state index in [0.717, 1.165) is 24.3 Å². The van der Waals surface area contributed by atoms with E-state index >= 15 is 0 Å². The Morgan fingerprint density at radius 1 is 1.00 bits per heavy atom. The average molecular weight is 389 g/mol. The molecule has 0 aromatic heterocycles. The second kappa shape index (κ2) is 7.84. The number of halogens is 2. The number of carbonyl (C=O) groups is 1. The third-order valence-electron chi connectivity index (χ3n) is 5.31. The maximum atomic E-state index is 13.1. The first kappa shape index (κ1) is 18.2. The van der Waals surface area contributed by atoms with Crippen LogP contribution >= 0.6 is 11.6 Å². The molecule has 0 saturated carbocycles. The number of hydrogen-bond acceptors (Lipinski definition) is 4. The van der Waals surface area contributed by atoms with Crippen molar-refractivity contribution in [1.29, 1.82) is 0 Å². The van der Waals surface area contributed by atoms with Gasteiger partial charge >= 0.3 is 0 Å². The number of amides is 1. The summed E-state index contributed by atoms with van der Waals surface area (Å²) < 4.78 is 13.1. The van der Waals surface area contributed by atoms with Crippen molar-refractivity contribution in [2.24, 2.45) is 5.92 Å². The molecule has 0 bridgehead atoms. The molecule has 27 heavy (non-hydrogen) atoms. The summed E-state index contributed by atoms with van der Waals surface area (Å²) in [7, 11) is 0. The Morgan fingerprint density at radius 2 is 1.67 bits per heavy atom. The number of benzene rings is 2. The van der Waals surface area contributed by atoms with Crippen molar-refractivity contribution >= 4 is 23.2 Å². The first-order valence-electron chi connectivity index (χ1n) is 9.15. The third kappa shape index (κ3) is 3.93. The number of nitrogens with zero attached hydrogens (tertiary/aromatic N) is 2. The number of hydrazine groups is 1. The van der Waals surface area contributed by atoms with Crippen molar-refractivity contribution in [1.82, 2.24) is 15.8 Å². The van der Waals surface area contributed by atoms with Gasteiger partial charge in [0, 0.05) is 43.4 Å². The van der Waals surface area contributed by atoms with Crippen molar-refractivity contribution < 1.29 is 9.18 Å². The maximum Gasteiger partial charge on any atom is 0.229 e. The lowest BCUT2D eigenvalue weighted by molar-refractivity contribution is -0.135. The van der Waals surface area contributed by atoms with Crippen molar-refractivity contribution in [3.63, 3.8) is 0 Å². The Morgan fingerprint density at radius 3 is 2.33 bits per heavy atom. The predicted molar refractivity (Wildman–Crippen MR) is 104 cm³/mol. The third-order valence-corrected chi connectivity index (χ3v) is 5.56.